The summed E-state index contributed by atoms with van der Waals surface area (Å²) < 4.78 is 0. The molecule has 6 rings (SSSR count). The molecule has 0 radical (unpaired) electrons. The Morgan fingerprint density at radius 3 is 2.95 bits per heavy atom. The number of hydrogen-bond donors (Lipinski definition) is 2. The number of carbonyl (C=O) groups excluding carboxylic acids is 1. The van der Waals surface area contributed by atoms with Gasteiger partial charge in [-0.05, 0) is 52.3 Å². The highest BCUT2D eigenvalue weighted by molar-refractivity contribution is 6.33. The minimum atomic E-state index is 0.157. The molecule has 206 valence electrons. The van der Waals surface area contributed by atoms with Gasteiger partial charge in [0.25, 0.3) is 0 Å². The second-order valence-corrected chi connectivity index (χ2v) is 12.3. The van der Waals surface area contributed by atoms with Gasteiger partial charge in [-0.25, -0.2) is 9.97 Å². The Morgan fingerprint density at radius 2 is 2.10 bits per heavy atom. The first-order chi connectivity index (χ1) is 18.9. The van der Waals surface area contributed by atoms with Crippen LogP contribution in [0.25, 0.3) is 22.2 Å². The van der Waals surface area contributed by atoms with Crippen molar-refractivity contribution in [3.05, 3.63) is 53.8 Å². The van der Waals surface area contributed by atoms with Gasteiger partial charge in [0.2, 0.25) is 11.9 Å². The van der Waals surface area contributed by atoms with E-state index in [1.165, 1.54) is 12.8 Å². The van der Waals surface area contributed by atoms with Crippen LogP contribution in [0.5, 0.6) is 0 Å². The van der Waals surface area contributed by atoms with E-state index in [1.54, 1.807) is 12.3 Å². The summed E-state index contributed by atoms with van der Waals surface area (Å²) in [5.41, 5.74) is 3.08. The van der Waals surface area contributed by atoms with E-state index in [1.807, 2.05) is 43.4 Å². The second kappa shape index (κ2) is 10.9. The molecule has 2 N–H and O–H groups in total. The predicted molar refractivity (Wildman–Crippen MR) is 157 cm³/mol. The number of hydrogen-bond acceptors (Lipinski definition) is 6. The van der Waals surface area contributed by atoms with Gasteiger partial charge in [-0.2, -0.15) is 0 Å². The maximum atomic E-state index is 12.6. The molecule has 2 saturated heterocycles. The zero-order valence-corrected chi connectivity index (χ0v) is 23.6. The molecule has 1 amide bonds. The lowest BCUT2D eigenvalue weighted by molar-refractivity contribution is -0.126. The molecular weight excluding hydrogens is 510 g/mol. The van der Waals surface area contributed by atoms with Crippen LogP contribution < -0.4 is 5.32 Å². The number of para-hydroxylation sites is 1. The number of halogens is 1. The summed E-state index contributed by atoms with van der Waals surface area (Å²) in [7, 11) is 4.03. The maximum absolute atomic E-state index is 12.6. The van der Waals surface area contributed by atoms with Gasteiger partial charge in [0.15, 0.2) is 0 Å². The van der Waals surface area contributed by atoms with Crippen LogP contribution in [0.2, 0.25) is 5.02 Å². The molecule has 1 spiro atoms. The number of nitrogens with zero attached hydrogens (tertiary/aromatic N) is 5. The lowest BCUT2D eigenvalue weighted by Gasteiger charge is -2.53. The molecule has 1 unspecified atom stereocenters. The summed E-state index contributed by atoms with van der Waals surface area (Å²) in [6, 6.07) is 9.08. The van der Waals surface area contributed by atoms with Crippen LogP contribution in [0, 0.1) is 5.41 Å². The topological polar surface area (TPSA) is 80.4 Å². The molecule has 9 heteroatoms. The molecule has 3 fully saturated rings. The van der Waals surface area contributed by atoms with E-state index in [4.69, 9.17) is 16.6 Å². The number of benzene rings is 1. The van der Waals surface area contributed by atoms with E-state index in [2.05, 4.69) is 37.2 Å². The van der Waals surface area contributed by atoms with Crippen LogP contribution in [-0.2, 0) is 4.79 Å². The fourth-order valence-electron chi connectivity index (χ4n) is 6.63. The van der Waals surface area contributed by atoms with Gasteiger partial charge in [0, 0.05) is 79.0 Å². The molecule has 0 bridgehead atoms. The van der Waals surface area contributed by atoms with Gasteiger partial charge in [0.05, 0.1) is 16.9 Å². The highest BCUT2D eigenvalue weighted by Crippen LogP contribution is 2.43. The van der Waals surface area contributed by atoms with Crippen LogP contribution in [0.1, 0.15) is 32.1 Å². The number of H-pyrrole nitrogens is 1. The van der Waals surface area contributed by atoms with Gasteiger partial charge in [-0.3, -0.25) is 9.69 Å². The molecule has 1 saturated carbocycles. The third kappa shape index (κ3) is 5.55. The van der Waals surface area contributed by atoms with Gasteiger partial charge < -0.3 is 20.1 Å². The fourth-order valence-corrected chi connectivity index (χ4v) is 6.82. The highest BCUT2D eigenvalue weighted by Gasteiger charge is 2.50. The standard InChI is InChI=1S/C30H38ClN7O/c1-36(2)13-6-11-27(39)37-14-12-30(18-37)19-38(20-30)22-8-5-7-21(15-22)34-29-33-17-25(31)28(35-29)24-16-32-26-10-4-3-9-23(24)26/h3-4,6,9-11,16-17,21-22,32H,5,7-8,12-15,18-20H2,1-2H3,(H,33,34,35)/b11-6+/t21?,22-/m0/s1. The van der Waals surface area contributed by atoms with Crippen molar-refractivity contribution in [3.8, 4) is 11.3 Å². The zero-order chi connectivity index (χ0) is 27.0. The van der Waals surface area contributed by atoms with Crippen molar-refractivity contribution in [3.63, 3.8) is 0 Å². The minimum absolute atomic E-state index is 0.157. The smallest absolute Gasteiger partial charge is 0.246 e. The Kier molecular flexibility index (Phi) is 7.35. The average molecular weight is 548 g/mol. The molecule has 2 atom stereocenters. The number of nitrogens with one attached hydrogen (secondary N) is 2. The third-order valence-electron chi connectivity index (χ3n) is 8.64. The summed E-state index contributed by atoms with van der Waals surface area (Å²) in [6.45, 7) is 4.75. The van der Waals surface area contributed by atoms with Crippen LogP contribution in [0.4, 0.5) is 5.95 Å². The molecule has 2 aromatic heterocycles. The quantitative estimate of drug-likeness (QED) is 0.419. The van der Waals surface area contributed by atoms with E-state index in [0.29, 0.717) is 23.1 Å². The van der Waals surface area contributed by atoms with Crippen LogP contribution in [0.15, 0.2) is 48.8 Å². The van der Waals surface area contributed by atoms with Crippen molar-refractivity contribution in [2.45, 2.75) is 44.2 Å². The number of amides is 1. The Labute approximate surface area is 235 Å². The van der Waals surface area contributed by atoms with E-state index in [-0.39, 0.29) is 11.3 Å². The number of aromatic nitrogens is 3. The second-order valence-electron chi connectivity index (χ2n) is 11.9. The summed E-state index contributed by atoms with van der Waals surface area (Å²) in [5.74, 6) is 0.793. The van der Waals surface area contributed by atoms with Crippen molar-refractivity contribution in [2.75, 3.05) is 52.1 Å². The average Bonchev–Trinajstić information content (AvgIpc) is 3.54. The van der Waals surface area contributed by atoms with E-state index in [0.717, 1.165) is 74.1 Å². The largest absolute Gasteiger partial charge is 0.360 e. The van der Waals surface area contributed by atoms with Crippen molar-refractivity contribution >= 4 is 34.4 Å². The maximum Gasteiger partial charge on any atom is 0.246 e. The summed E-state index contributed by atoms with van der Waals surface area (Å²) in [4.78, 5) is 32.0. The van der Waals surface area contributed by atoms with E-state index >= 15 is 0 Å². The molecule has 4 heterocycles. The highest BCUT2D eigenvalue weighted by atomic mass is 35.5. The monoisotopic (exact) mass is 547 g/mol. The van der Waals surface area contributed by atoms with Crippen molar-refractivity contribution in [2.24, 2.45) is 5.41 Å². The summed E-state index contributed by atoms with van der Waals surface area (Å²) >= 11 is 6.54. The van der Waals surface area contributed by atoms with Crippen LogP contribution in [-0.4, -0.2) is 94.5 Å². The molecule has 3 aliphatic rings. The number of anilines is 1. The van der Waals surface area contributed by atoms with Crippen molar-refractivity contribution < 1.29 is 4.79 Å². The number of rotatable bonds is 7. The van der Waals surface area contributed by atoms with E-state index < -0.39 is 0 Å². The zero-order valence-electron chi connectivity index (χ0n) is 22.9. The van der Waals surface area contributed by atoms with E-state index in [9.17, 15) is 4.79 Å². The van der Waals surface area contributed by atoms with Gasteiger partial charge >= 0.3 is 0 Å². The molecule has 3 aromatic rings. The van der Waals surface area contributed by atoms with Crippen LogP contribution in [0.3, 0.4) is 0 Å². The normalized spacial score (nSPS) is 23.2. The van der Waals surface area contributed by atoms with Crippen molar-refractivity contribution in [1.29, 1.82) is 0 Å². The number of likely N-dealkylation sites (N-methyl/N-ethyl adjacent to an activating group) is 1. The predicted octanol–water partition coefficient (Wildman–Crippen LogP) is 4.65. The number of fused-ring (bicyclic) bond motifs is 1. The summed E-state index contributed by atoms with van der Waals surface area (Å²) in [5, 5.41) is 5.27. The lowest BCUT2D eigenvalue weighted by Crippen LogP contribution is -2.62. The Morgan fingerprint density at radius 1 is 1.26 bits per heavy atom. The molecular formula is C30H38ClN7O. The molecule has 2 aliphatic heterocycles. The minimum Gasteiger partial charge on any atom is -0.360 e. The van der Waals surface area contributed by atoms with Gasteiger partial charge in [-0.1, -0.05) is 35.9 Å². The first kappa shape index (κ1) is 26.3. The number of carbonyl (C=O) groups is 1. The number of aromatic amines is 1. The fraction of sp³-hybridized carbons (Fsp3) is 0.500. The van der Waals surface area contributed by atoms with Crippen molar-refractivity contribution in [1.82, 2.24) is 29.7 Å². The molecule has 8 nitrogen and oxygen atoms in total. The SMILES string of the molecule is CN(C)C/C=C/C(=O)N1CCC2(C1)CN([C@H]1CCCC(Nc3ncc(Cl)c(-c4c[nH]c5ccccc45)n3)C1)C2. The Hall–Kier alpha value is -2.94. The number of likely N-dealkylation sites (tertiary alicyclic amines) is 2. The van der Waals surface area contributed by atoms with Gasteiger partial charge in [-0.15, -0.1) is 0 Å². The third-order valence-corrected chi connectivity index (χ3v) is 8.92. The first-order valence-electron chi connectivity index (χ1n) is 14.1. The van der Waals surface area contributed by atoms with Crippen LogP contribution >= 0.6 is 11.6 Å². The lowest BCUT2D eigenvalue weighted by atomic mass is 9.76. The molecule has 39 heavy (non-hydrogen) atoms. The molecule has 1 aromatic carbocycles. The summed E-state index contributed by atoms with van der Waals surface area (Å²) in [6.07, 6.45) is 13.1. The Balaban J connectivity index is 1.05. The Bertz CT molecular complexity index is 1360. The molecule has 1 aliphatic carbocycles. The van der Waals surface area contributed by atoms with Gasteiger partial charge in [0.1, 0.15) is 0 Å². The first-order valence-corrected chi connectivity index (χ1v) is 14.5.